The number of rotatable bonds is 7. The molecule has 0 aliphatic heterocycles. The zero-order chi connectivity index (χ0) is 18.5. The molecule has 0 saturated heterocycles. The third-order valence-electron chi connectivity index (χ3n) is 4.39. The molecule has 0 saturated carbocycles. The molecule has 0 aliphatic rings. The molecule has 3 aromatic rings. The quantitative estimate of drug-likeness (QED) is 0.530. The number of anilines is 1. The van der Waals surface area contributed by atoms with E-state index in [4.69, 9.17) is 16.0 Å². The van der Waals surface area contributed by atoms with Crippen LogP contribution in [-0.2, 0) is 4.79 Å². The maximum Gasteiger partial charge on any atom is 0.227 e. The van der Waals surface area contributed by atoms with Gasteiger partial charge in [-0.2, -0.15) is 0 Å². The van der Waals surface area contributed by atoms with Gasteiger partial charge >= 0.3 is 0 Å². The molecule has 0 bridgehead atoms. The average molecular weight is 371 g/mol. The summed E-state index contributed by atoms with van der Waals surface area (Å²) in [5.41, 5.74) is 3.07. The standard InChI is InChI=1S/C21H23ClN2O2/c1-3-5-14(6-4-2)20(25)23-17-10-7-15(8-11-17)21-24-18-13-16(22)9-12-19(18)26-21/h7-14H,3-6H2,1-2H3,(H,23,25). The molecule has 1 aromatic heterocycles. The van der Waals surface area contributed by atoms with Gasteiger partial charge in [0.15, 0.2) is 5.58 Å². The van der Waals surface area contributed by atoms with Gasteiger partial charge in [-0.05, 0) is 55.3 Å². The van der Waals surface area contributed by atoms with Crippen LogP contribution >= 0.6 is 11.6 Å². The highest BCUT2D eigenvalue weighted by Gasteiger charge is 2.17. The lowest BCUT2D eigenvalue weighted by molar-refractivity contribution is -0.120. The molecular formula is C21H23ClN2O2. The van der Waals surface area contributed by atoms with Crippen LogP contribution in [0.15, 0.2) is 46.9 Å². The molecule has 1 amide bonds. The summed E-state index contributed by atoms with van der Waals surface area (Å²) in [6.45, 7) is 4.22. The predicted molar refractivity (Wildman–Crippen MR) is 106 cm³/mol. The first kappa shape index (κ1) is 18.5. The van der Waals surface area contributed by atoms with Gasteiger partial charge < -0.3 is 9.73 Å². The number of amides is 1. The van der Waals surface area contributed by atoms with E-state index in [0.29, 0.717) is 16.5 Å². The number of carbonyl (C=O) groups is 1. The van der Waals surface area contributed by atoms with Crippen LogP contribution in [0.25, 0.3) is 22.6 Å². The van der Waals surface area contributed by atoms with Crippen LogP contribution < -0.4 is 5.32 Å². The van der Waals surface area contributed by atoms with Gasteiger partial charge in [0.2, 0.25) is 11.8 Å². The second-order valence-corrected chi connectivity index (χ2v) is 6.91. The van der Waals surface area contributed by atoms with E-state index in [2.05, 4.69) is 24.1 Å². The molecule has 3 rings (SSSR count). The Labute approximate surface area is 158 Å². The Morgan fingerprint density at radius 1 is 1.12 bits per heavy atom. The van der Waals surface area contributed by atoms with Crippen molar-refractivity contribution in [2.24, 2.45) is 5.92 Å². The van der Waals surface area contributed by atoms with Crippen LogP contribution in [0.1, 0.15) is 39.5 Å². The summed E-state index contributed by atoms with van der Waals surface area (Å²) in [7, 11) is 0. The van der Waals surface area contributed by atoms with Crippen LogP contribution in [0, 0.1) is 5.92 Å². The number of oxazole rings is 1. The van der Waals surface area contributed by atoms with Crippen molar-refractivity contribution in [3.63, 3.8) is 0 Å². The number of benzene rings is 2. The lowest BCUT2D eigenvalue weighted by atomic mass is 9.97. The number of aromatic nitrogens is 1. The highest BCUT2D eigenvalue weighted by molar-refractivity contribution is 6.31. The van der Waals surface area contributed by atoms with E-state index in [1.165, 1.54) is 0 Å². The number of carbonyl (C=O) groups excluding carboxylic acids is 1. The van der Waals surface area contributed by atoms with Crippen LogP contribution in [0.5, 0.6) is 0 Å². The van der Waals surface area contributed by atoms with E-state index >= 15 is 0 Å². The summed E-state index contributed by atoms with van der Waals surface area (Å²) in [4.78, 5) is 16.9. The number of nitrogens with zero attached hydrogens (tertiary/aromatic N) is 1. The van der Waals surface area contributed by atoms with Gasteiger partial charge in [-0.25, -0.2) is 4.98 Å². The SMILES string of the molecule is CCCC(CCC)C(=O)Nc1ccc(-c2nc3cc(Cl)ccc3o2)cc1. The Kier molecular flexibility index (Phi) is 5.94. The summed E-state index contributed by atoms with van der Waals surface area (Å²) >= 11 is 5.99. The van der Waals surface area contributed by atoms with Gasteiger partial charge in [-0.15, -0.1) is 0 Å². The van der Waals surface area contributed by atoms with E-state index in [1.807, 2.05) is 30.3 Å². The molecule has 136 valence electrons. The Morgan fingerprint density at radius 3 is 2.46 bits per heavy atom. The van der Waals surface area contributed by atoms with Crippen LogP contribution in [0.3, 0.4) is 0 Å². The molecule has 0 atom stereocenters. The van der Waals surface area contributed by atoms with E-state index in [0.717, 1.165) is 42.5 Å². The predicted octanol–water partition coefficient (Wildman–Crippen LogP) is 6.30. The smallest absolute Gasteiger partial charge is 0.227 e. The highest BCUT2D eigenvalue weighted by Crippen LogP contribution is 2.27. The summed E-state index contributed by atoms with van der Waals surface area (Å²) in [5.74, 6) is 0.708. The number of halogens is 1. The van der Waals surface area contributed by atoms with Gasteiger partial charge in [0.1, 0.15) is 5.52 Å². The van der Waals surface area contributed by atoms with Crippen molar-refractivity contribution >= 4 is 34.3 Å². The maximum absolute atomic E-state index is 12.4. The third-order valence-corrected chi connectivity index (χ3v) is 4.63. The molecule has 1 N–H and O–H groups in total. The highest BCUT2D eigenvalue weighted by atomic mass is 35.5. The zero-order valence-electron chi connectivity index (χ0n) is 15.1. The monoisotopic (exact) mass is 370 g/mol. The van der Waals surface area contributed by atoms with Crippen LogP contribution in [0.2, 0.25) is 5.02 Å². The first-order valence-electron chi connectivity index (χ1n) is 9.08. The minimum atomic E-state index is 0.0754. The minimum absolute atomic E-state index is 0.0754. The Balaban J connectivity index is 1.74. The maximum atomic E-state index is 12.4. The summed E-state index contributed by atoms with van der Waals surface area (Å²) in [6, 6.07) is 12.9. The van der Waals surface area contributed by atoms with Gasteiger partial charge in [-0.3, -0.25) is 4.79 Å². The fraction of sp³-hybridized carbons (Fsp3) is 0.333. The zero-order valence-corrected chi connectivity index (χ0v) is 15.8. The van der Waals surface area contributed by atoms with E-state index < -0.39 is 0 Å². The van der Waals surface area contributed by atoms with Crippen molar-refractivity contribution in [2.45, 2.75) is 39.5 Å². The average Bonchev–Trinajstić information content (AvgIpc) is 3.05. The lowest BCUT2D eigenvalue weighted by Gasteiger charge is -2.15. The molecule has 0 aliphatic carbocycles. The fourth-order valence-electron chi connectivity index (χ4n) is 3.07. The molecule has 26 heavy (non-hydrogen) atoms. The van der Waals surface area contributed by atoms with Crippen molar-refractivity contribution in [1.82, 2.24) is 4.98 Å². The van der Waals surface area contributed by atoms with E-state index in [9.17, 15) is 4.79 Å². The molecule has 5 heteroatoms. The molecule has 1 heterocycles. The molecule has 0 radical (unpaired) electrons. The molecule has 2 aromatic carbocycles. The Bertz CT molecular complexity index is 881. The van der Waals surface area contributed by atoms with Crippen molar-refractivity contribution in [3.8, 4) is 11.5 Å². The Morgan fingerprint density at radius 2 is 1.81 bits per heavy atom. The van der Waals surface area contributed by atoms with Gasteiger partial charge in [0, 0.05) is 22.2 Å². The summed E-state index contributed by atoms with van der Waals surface area (Å²) < 4.78 is 5.78. The van der Waals surface area contributed by atoms with E-state index in [-0.39, 0.29) is 11.8 Å². The third kappa shape index (κ3) is 4.25. The first-order valence-corrected chi connectivity index (χ1v) is 9.46. The second-order valence-electron chi connectivity index (χ2n) is 6.47. The van der Waals surface area contributed by atoms with Crippen molar-refractivity contribution in [2.75, 3.05) is 5.32 Å². The molecule has 0 unspecified atom stereocenters. The van der Waals surface area contributed by atoms with Crippen molar-refractivity contribution in [3.05, 3.63) is 47.5 Å². The van der Waals surface area contributed by atoms with Crippen molar-refractivity contribution in [1.29, 1.82) is 0 Å². The normalized spacial score (nSPS) is 11.2. The number of hydrogen-bond donors (Lipinski definition) is 1. The topological polar surface area (TPSA) is 55.1 Å². The fourth-order valence-corrected chi connectivity index (χ4v) is 3.23. The number of fused-ring (bicyclic) bond motifs is 1. The van der Waals surface area contributed by atoms with Crippen molar-refractivity contribution < 1.29 is 9.21 Å². The number of hydrogen-bond acceptors (Lipinski definition) is 3. The largest absolute Gasteiger partial charge is 0.436 e. The van der Waals surface area contributed by atoms with Gasteiger partial charge in [0.05, 0.1) is 0 Å². The van der Waals surface area contributed by atoms with Crippen LogP contribution in [-0.4, -0.2) is 10.9 Å². The van der Waals surface area contributed by atoms with Gasteiger partial charge in [0.25, 0.3) is 0 Å². The minimum Gasteiger partial charge on any atom is -0.436 e. The lowest BCUT2D eigenvalue weighted by Crippen LogP contribution is -2.22. The Hall–Kier alpha value is -2.33. The van der Waals surface area contributed by atoms with E-state index in [1.54, 1.807) is 12.1 Å². The summed E-state index contributed by atoms with van der Waals surface area (Å²) in [6.07, 6.45) is 3.87. The molecule has 0 spiro atoms. The van der Waals surface area contributed by atoms with Crippen LogP contribution in [0.4, 0.5) is 5.69 Å². The first-order chi connectivity index (χ1) is 12.6. The van der Waals surface area contributed by atoms with Gasteiger partial charge in [-0.1, -0.05) is 38.3 Å². The molecule has 0 fully saturated rings. The second kappa shape index (κ2) is 8.37. The molecule has 4 nitrogen and oxygen atoms in total. The summed E-state index contributed by atoms with van der Waals surface area (Å²) in [5, 5.41) is 3.65. The number of nitrogens with one attached hydrogen (secondary N) is 1. The molecular weight excluding hydrogens is 348 g/mol.